The van der Waals surface area contributed by atoms with Crippen LogP contribution in [0.2, 0.25) is 0 Å². The lowest BCUT2D eigenvalue weighted by Gasteiger charge is -2.32. The molecule has 1 rings (SSSR count). The van der Waals surface area contributed by atoms with E-state index in [2.05, 4.69) is 0 Å². The van der Waals surface area contributed by atoms with E-state index in [1.54, 1.807) is 32.9 Å². The third-order valence-electron chi connectivity index (χ3n) is 4.98. The molecular formula is C26H39FO8. The van der Waals surface area contributed by atoms with Gasteiger partial charge in [0.05, 0.1) is 13.2 Å². The second-order valence-electron chi connectivity index (χ2n) is 9.14. The van der Waals surface area contributed by atoms with Gasteiger partial charge < -0.3 is 24.1 Å². The molecule has 0 spiro atoms. The first kappa shape index (κ1) is 30.5. The van der Waals surface area contributed by atoms with Crippen molar-refractivity contribution in [3.8, 4) is 0 Å². The Bertz CT molecular complexity index is 783. The van der Waals surface area contributed by atoms with Crippen LogP contribution in [-0.2, 0) is 39.8 Å². The number of rotatable bonds is 15. The molecule has 0 aliphatic heterocycles. The molecule has 0 bridgehead atoms. The van der Waals surface area contributed by atoms with Crippen LogP contribution in [0.3, 0.4) is 0 Å². The number of hydrogen-bond acceptors (Lipinski definition) is 8. The zero-order valence-corrected chi connectivity index (χ0v) is 21.4. The highest BCUT2D eigenvalue weighted by atomic mass is 19.1. The first-order chi connectivity index (χ1) is 16.5. The average molecular weight is 499 g/mol. The summed E-state index contributed by atoms with van der Waals surface area (Å²) in [6.07, 6.45) is 2.98. The van der Waals surface area contributed by atoms with Crippen molar-refractivity contribution in [2.24, 2.45) is 0 Å². The second kappa shape index (κ2) is 14.8. The predicted molar refractivity (Wildman–Crippen MR) is 127 cm³/mol. The van der Waals surface area contributed by atoms with Crippen molar-refractivity contribution in [2.75, 3.05) is 19.8 Å². The highest BCUT2D eigenvalue weighted by molar-refractivity contribution is 6.08. The maximum atomic E-state index is 13.0. The van der Waals surface area contributed by atoms with Crippen LogP contribution >= 0.6 is 0 Å². The maximum Gasteiger partial charge on any atom is 0.353 e. The number of carbonyl (C=O) groups excluding carboxylic acids is 3. The zero-order valence-electron chi connectivity index (χ0n) is 21.4. The van der Waals surface area contributed by atoms with Crippen molar-refractivity contribution in [1.82, 2.24) is 0 Å². The molecule has 0 saturated carbocycles. The number of hydrogen-bond donors (Lipinski definition) is 1. The van der Waals surface area contributed by atoms with Crippen LogP contribution in [0.25, 0.3) is 0 Å². The van der Waals surface area contributed by atoms with Crippen LogP contribution in [-0.4, -0.2) is 60.1 Å². The smallest absolute Gasteiger partial charge is 0.353 e. The summed E-state index contributed by atoms with van der Waals surface area (Å²) in [5.41, 5.74) is -2.87. The summed E-state index contributed by atoms with van der Waals surface area (Å²) in [5.74, 6) is -4.00. The molecule has 1 aromatic rings. The van der Waals surface area contributed by atoms with E-state index >= 15 is 0 Å². The minimum absolute atomic E-state index is 0.00297. The molecule has 0 aliphatic rings. The zero-order chi connectivity index (χ0) is 26.5. The number of esters is 3. The largest absolute Gasteiger partial charge is 0.463 e. The van der Waals surface area contributed by atoms with E-state index in [-0.39, 0.29) is 25.6 Å². The van der Waals surface area contributed by atoms with Crippen LogP contribution < -0.4 is 0 Å². The Labute approximate surface area is 207 Å². The Balaban J connectivity index is 2.72. The highest BCUT2D eigenvalue weighted by Crippen LogP contribution is 2.23. The molecule has 0 saturated heterocycles. The maximum absolute atomic E-state index is 13.0. The van der Waals surface area contributed by atoms with Crippen LogP contribution in [0.15, 0.2) is 24.3 Å². The topological polar surface area (TPSA) is 108 Å². The van der Waals surface area contributed by atoms with E-state index in [1.807, 2.05) is 0 Å². The lowest BCUT2D eigenvalue weighted by Crippen LogP contribution is -2.62. The molecule has 1 unspecified atom stereocenters. The van der Waals surface area contributed by atoms with Crippen molar-refractivity contribution >= 4 is 17.9 Å². The third kappa shape index (κ3) is 10.3. The van der Waals surface area contributed by atoms with Crippen molar-refractivity contribution < 1.29 is 42.8 Å². The van der Waals surface area contributed by atoms with Crippen LogP contribution in [0, 0.1) is 5.82 Å². The van der Waals surface area contributed by atoms with Gasteiger partial charge in [-0.3, -0.25) is 0 Å². The molecule has 0 fully saturated rings. The number of benzene rings is 1. The first-order valence-electron chi connectivity index (χ1n) is 12.1. The molecule has 35 heavy (non-hydrogen) atoms. The van der Waals surface area contributed by atoms with Crippen LogP contribution in [0.1, 0.15) is 72.3 Å². The van der Waals surface area contributed by atoms with Gasteiger partial charge in [-0.1, -0.05) is 31.4 Å². The Hall–Kier alpha value is -2.52. The van der Waals surface area contributed by atoms with E-state index in [9.17, 15) is 23.9 Å². The summed E-state index contributed by atoms with van der Waals surface area (Å²) in [6.45, 7) is 7.60. The minimum Gasteiger partial charge on any atom is -0.463 e. The van der Waals surface area contributed by atoms with Gasteiger partial charge in [0.1, 0.15) is 11.4 Å². The summed E-state index contributed by atoms with van der Waals surface area (Å²) in [7, 11) is 0. The predicted octanol–water partition coefficient (Wildman–Crippen LogP) is 3.90. The fourth-order valence-corrected chi connectivity index (χ4v) is 3.31. The first-order valence-corrected chi connectivity index (χ1v) is 12.1. The Morgan fingerprint density at radius 1 is 0.886 bits per heavy atom. The van der Waals surface area contributed by atoms with Crippen molar-refractivity contribution in [1.29, 1.82) is 0 Å². The van der Waals surface area contributed by atoms with Gasteiger partial charge in [0.15, 0.2) is 0 Å². The van der Waals surface area contributed by atoms with E-state index in [1.165, 1.54) is 26.0 Å². The molecule has 0 aromatic heterocycles. The average Bonchev–Trinajstić information content (AvgIpc) is 2.77. The molecule has 0 aliphatic carbocycles. The summed E-state index contributed by atoms with van der Waals surface area (Å²) in [5, 5.41) is 11.0. The van der Waals surface area contributed by atoms with Gasteiger partial charge in [-0.2, -0.15) is 0 Å². The van der Waals surface area contributed by atoms with Crippen molar-refractivity contribution in [3.05, 3.63) is 35.6 Å². The molecule has 1 aromatic carbocycles. The number of unbranched alkanes of at least 4 members (excludes halogenated alkanes) is 4. The van der Waals surface area contributed by atoms with Gasteiger partial charge >= 0.3 is 17.9 Å². The number of carbonyl (C=O) groups is 3. The summed E-state index contributed by atoms with van der Waals surface area (Å²) in [4.78, 5) is 37.9. The SMILES string of the molecule is CCOC(=O)C(O)(C(=O)OCC)C(OCCCCCCCc1ccc(F)cc1)C(=O)OC(C)(C)C. The molecule has 0 amide bonds. The summed E-state index contributed by atoms with van der Waals surface area (Å²) in [6, 6.07) is 6.44. The lowest BCUT2D eigenvalue weighted by atomic mass is 9.96. The molecule has 9 heteroatoms. The fraction of sp³-hybridized carbons (Fsp3) is 0.654. The van der Waals surface area contributed by atoms with Gasteiger partial charge in [-0.05, 0) is 71.6 Å². The number of aryl methyl sites for hydroxylation is 1. The molecule has 1 atom stereocenters. The Morgan fingerprint density at radius 2 is 1.40 bits per heavy atom. The van der Waals surface area contributed by atoms with Crippen molar-refractivity contribution in [2.45, 2.75) is 90.4 Å². The second-order valence-corrected chi connectivity index (χ2v) is 9.14. The van der Waals surface area contributed by atoms with E-state index in [0.29, 0.717) is 6.42 Å². The number of ether oxygens (including phenoxy) is 4. The number of aliphatic hydroxyl groups is 1. The molecule has 8 nitrogen and oxygen atoms in total. The van der Waals surface area contributed by atoms with Gasteiger partial charge in [-0.15, -0.1) is 0 Å². The number of halogens is 1. The van der Waals surface area contributed by atoms with Crippen LogP contribution in [0.5, 0.6) is 0 Å². The quantitative estimate of drug-likeness (QED) is 0.168. The normalized spacial score (nSPS) is 12.7. The van der Waals surface area contributed by atoms with Crippen molar-refractivity contribution in [3.63, 3.8) is 0 Å². The van der Waals surface area contributed by atoms with Crippen LogP contribution in [0.4, 0.5) is 4.39 Å². The van der Waals surface area contributed by atoms with Gasteiger partial charge in [-0.25, -0.2) is 18.8 Å². The molecular weight excluding hydrogens is 459 g/mol. The van der Waals surface area contributed by atoms with E-state index in [4.69, 9.17) is 18.9 Å². The lowest BCUT2D eigenvalue weighted by molar-refractivity contribution is -0.212. The van der Waals surface area contributed by atoms with Gasteiger partial charge in [0.2, 0.25) is 6.10 Å². The fourth-order valence-electron chi connectivity index (χ4n) is 3.31. The Morgan fingerprint density at radius 3 is 1.91 bits per heavy atom. The summed E-state index contributed by atoms with van der Waals surface area (Å²) < 4.78 is 33.5. The standard InChI is InChI=1S/C26H39FO8/c1-6-32-23(29)26(31,24(30)33-7-2)21(22(28)35-25(3,4)5)34-18-12-10-8-9-11-13-19-14-16-20(27)17-15-19/h14-17,21,31H,6-13,18H2,1-5H3. The summed E-state index contributed by atoms with van der Waals surface area (Å²) >= 11 is 0. The minimum atomic E-state index is -3.00. The van der Waals surface area contributed by atoms with E-state index in [0.717, 1.165) is 37.7 Å². The highest BCUT2D eigenvalue weighted by Gasteiger charge is 2.59. The molecule has 198 valence electrons. The third-order valence-corrected chi connectivity index (χ3v) is 4.98. The van der Waals surface area contributed by atoms with Gasteiger partial charge in [0, 0.05) is 6.61 Å². The van der Waals surface area contributed by atoms with E-state index < -0.39 is 35.2 Å². The Kier molecular flexibility index (Phi) is 12.9. The monoisotopic (exact) mass is 498 g/mol. The molecule has 0 radical (unpaired) electrons. The molecule has 0 heterocycles. The van der Waals surface area contributed by atoms with Gasteiger partial charge in [0.25, 0.3) is 5.60 Å². The molecule has 1 N–H and O–H groups in total.